The molecule has 5 heteroatoms. The molecule has 0 N–H and O–H groups in total. The molecule has 17 heavy (non-hydrogen) atoms. The summed E-state index contributed by atoms with van der Waals surface area (Å²) in [7, 11) is 0. The van der Waals surface area contributed by atoms with Gasteiger partial charge in [0.2, 0.25) is 0 Å². The van der Waals surface area contributed by atoms with E-state index in [1.807, 2.05) is 4.68 Å². The van der Waals surface area contributed by atoms with E-state index in [0.29, 0.717) is 12.3 Å². The van der Waals surface area contributed by atoms with E-state index in [9.17, 15) is 0 Å². The summed E-state index contributed by atoms with van der Waals surface area (Å²) in [6.07, 6.45) is 3.98. The van der Waals surface area contributed by atoms with E-state index in [1.54, 1.807) is 0 Å². The zero-order valence-electron chi connectivity index (χ0n) is 9.80. The van der Waals surface area contributed by atoms with Crippen LogP contribution in [0.3, 0.4) is 0 Å². The molecule has 0 radical (unpaired) electrons. The molecule has 1 saturated heterocycles. The lowest BCUT2D eigenvalue weighted by atomic mass is 10.0. The van der Waals surface area contributed by atoms with Crippen molar-refractivity contribution >= 4 is 0 Å². The van der Waals surface area contributed by atoms with Crippen molar-refractivity contribution in [3.63, 3.8) is 0 Å². The molecule has 0 aromatic carbocycles. The molecule has 0 spiro atoms. The fourth-order valence-corrected chi connectivity index (χ4v) is 2.43. The van der Waals surface area contributed by atoms with Crippen LogP contribution in [0, 0.1) is 17.2 Å². The summed E-state index contributed by atoms with van der Waals surface area (Å²) in [4.78, 5) is 0. The summed E-state index contributed by atoms with van der Waals surface area (Å²) < 4.78 is 7.46. The highest BCUT2D eigenvalue weighted by Gasteiger charge is 2.29. The predicted molar refractivity (Wildman–Crippen MR) is 60.2 cm³/mol. The van der Waals surface area contributed by atoms with Gasteiger partial charge in [0.15, 0.2) is 0 Å². The third-order valence-electron chi connectivity index (χ3n) is 3.54. The van der Waals surface area contributed by atoms with Gasteiger partial charge in [-0.15, -0.1) is 5.10 Å². The maximum absolute atomic E-state index is 8.83. The Kier molecular flexibility index (Phi) is 2.81. The van der Waals surface area contributed by atoms with Crippen LogP contribution >= 0.6 is 0 Å². The standard InChI is InChI=1S/C12H16N4O/c13-5-3-11-12(10-4-6-17-8-10)16(15-14-11)7-9-1-2-9/h9-10H,1-4,6-8H2. The number of hydrogen-bond acceptors (Lipinski definition) is 4. The molecule has 2 fully saturated rings. The number of nitrogens with zero attached hydrogens (tertiary/aromatic N) is 4. The van der Waals surface area contributed by atoms with Crippen molar-refractivity contribution in [3.8, 4) is 6.07 Å². The Morgan fingerprint density at radius 1 is 1.41 bits per heavy atom. The minimum absolute atomic E-state index is 0.358. The molecule has 90 valence electrons. The van der Waals surface area contributed by atoms with Crippen molar-refractivity contribution in [2.75, 3.05) is 13.2 Å². The summed E-state index contributed by atoms with van der Waals surface area (Å²) in [6, 6.07) is 2.17. The summed E-state index contributed by atoms with van der Waals surface area (Å²) in [5.74, 6) is 1.15. The SMILES string of the molecule is N#CCc1nnn(CC2CC2)c1C1CCOC1. The molecule has 1 saturated carbocycles. The molecule has 1 atom stereocenters. The number of nitriles is 1. The summed E-state index contributed by atoms with van der Waals surface area (Å²) in [5, 5.41) is 17.2. The van der Waals surface area contributed by atoms with Crippen LogP contribution in [-0.2, 0) is 17.7 Å². The van der Waals surface area contributed by atoms with E-state index < -0.39 is 0 Å². The highest BCUT2D eigenvalue weighted by molar-refractivity contribution is 5.20. The first kappa shape index (κ1) is 10.7. The quantitative estimate of drug-likeness (QED) is 0.784. The van der Waals surface area contributed by atoms with Crippen LogP contribution in [0.4, 0.5) is 0 Å². The first-order chi connectivity index (χ1) is 8.38. The number of rotatable bonds is 4. The van der Waals surface area contributed by atoms with Crippen molar-refractivity contribution in [2.24, 2.45) is 5.92 Å². The molecule has 2 aliphatic rings. The van der Waals surface area contributed by atoms with Crippen LogP contribution in [0.2, 0.25) is 0 Å². The third-order valence-corrected chi connectivity index (χ3v) is 3.54. The van der Waals surface area contributed by atoms with Crippen molar-refractivity contribution in [3.05, 3.63) is 11.4 Å². The Bertz CT molecular complexity index is 438. The maximum atomic E-state index is 8.83. The highest BCUT2D eigenvalue weighted by atomic mass is 16.5. The lowest BCUT2D eigenvalue weighted by Gasteiger charge is -2.11. The lowest BCUT2D eigenvalue weighted by molar-refractivity contribution is 0.193. The zero-order valence-corrected chi connectivity index (χ0v) is 9.80. The summed E-state index contributed by atoms with van der Waals surface area (Å²) >= 11 is 0. The second-order valence-electron chi connectivity index (χ2n) is 4.94. The molecular formula is C12H16N4O. The molecule has 0 bridgehead atoms. The molecule has 3 rings (SSSR count). The number of hydrogen-bond donors (Lipinski definition) is 0. The second-order valence-corrected chi connectivity index (χ2v) is 4.94. The third kappa shape index (κ3) is 2.18. The molecule has 2 heterocycles. The van der Waals surface area contributed by atoms with Crippen molar-refractivity contribution in [1.82, 2.24) is 15.0 Å². The van der Waals surface area contributed by atoms with Gasteiger partial charge in [-0.1, -0.05) is 5.21 Å². The van der Waals surface area contributed by atoms with Gasteiger partial charge in [-0.2, -0.15) is 5.26 Å². The fraction of sp³-hybridized carbons (Fsp3) is 0.750. The molecule has 1 aliphatic heterocycles. The first-order valence-electron chi connectivity index (χ1n) is 6.25. The molecular weight excluding hydrogens is 216 g/mol. The van der Waals surface area contributed by atoms with E-state index >= 15 is 0 Å². The summed E-state index contributed by atoms with van der Waals surface area (Å²) in [5.41, 5.74) is 2.00. The van der Waals surface area contributed by atoms with Crippen molar-refractivity contribution in [1.29, 1.82) is 5.26 Å². The average Bonchev–Trinajstić information content (AvgIpc) is 2.83. The van der Waals surface area contributed by atoms with Crippen LogP contribution in [0.25, 0.3) is 0 Å². The molecule has 1 aromatic heterocycles. The zero-order chi connectivity index (χ0) is 11.7. The van der Waals surface area contributed by atoms with E-state index in [0.717, 1.165) is 43.5 Å². The van der Waals surface area contributed by atoms with E-state index in [1.165, 1.54) is 12.8 Å². The van der Waals surface area contributed by atoms with E-state index in [4.69, 9.17) is 10.00 Å². The van der Waals surface area contributed by atoms with Crippen LogP contribution in [0.1, 0.15) is 36.6 Å². The Labute approximate surface area is 100 Å². The molecule has 1 aliphatic carbocycles. The molecule has 1 aromatic rings. The Morgan fingerprint density at radius 2 is 2.29 bits per heavy atom. The maximum Gasteiger partial charge on any atom is 0.100 e. The van der Waals surface area contributed by atoms with E-state index in [-0.39, 0.29) is 0 Å². The van der Waals surface area contributed by atoms with Crippen LogP contribution in [0.5, 0.6) is 0 Å². The van der Waals surface area contributed by atoms with Gasteiger partial charge < -0.3 is 4.74 Å². The minimum atomic E-state index is 0.358. The highest BCUT2D eigenvalue weighted by Crippen LogP contribution is 2.33. The molecule has 0 amide bonds. The second kappa shape index (κ2) is 4.46. The average molecular weight is 232 g/mol. The fourth-order valence-electron chi connectivity index (χ4n) is 2.43. The van der Waals surface area contributed by atoms with Crippen molar-refractivity contribution in [2.45, 2.75) is 38.1 Å². The minimum Gasteiger partial charge on any atom is -0.381 e. The lowest BCUT2D eigenvalue weighted by Crippen LogP contribution is -2.12. The predicted octanol–water partition coefficient (Wildman–Crippen LogP) is 1.26. The van der Waals surface area contributed by atoms with Gasteiger partial charge in [0.1, 0.15) is 5.69 Å². The first-order valence-corrected chi connectivity index (χ1v) is 6.25. The van der Waals surface area contributed by atoms with Crippen molar-refractivity contribution < 1.29 is 4.74 Å². The molecule has 1 unspecified atom stereocenters. The normalized spacial score (nSPS) is 23.8. The summed E-state index contributed by atoms with van der Waals surface area (Å²) in [6.45, 7) is 2.52. The van der Waals surface area contributed by atoms with Crippen LogP contribution in [0.15, 0.2) is 0 Å². The van der Waals surface area contributed by atoms with Gasteiger partial charge >= 0.3 is 0 Å². The van der Waals surface area contributed by atoms with Crippen LogP contribution < -0.4 is 0 Å². The van der Waals surface area contributed by atoms with Gasteiger partial charge in [-0.05, 0) is 25.2 Å². The topological polar surface area (TPSA) is 63.7 Å². The van der Waals surface area contributed by atoms with Crippen LogP contribution in [-0.4, -0.2) is 28.2 Å². The van der Waals surface area contributed by atoms with Gasteiger partial charge in [-0.3, -0.25) is 0 Å². The Morgan fingerprint density at radius 3 is 2.94 bits per heavy atom. The smallest absolute Gasteiger partial charge is 0.100 e. The van der Waals surface area contributed by atoms with Gasteiger partial charge in [-0.25, -0.2) is 4.68 Å². The largest absolute Gasteiger partial charge is 0.381 e. The number of ether oxygens (including phenoxy) is 1. The van der Waals surface area contributed by atoms with Gasteiger partial charge in [0, 0.05) is 19.1 Å². The number of aromatic nitrogens is 3. The Hall–Kier alpha value is -1.41. The van der Waals surface area contributed by atoms with Gasteiger partial charge in [0.05, 0.1) is 24.8 Å². The van der Waals surface area contributed by atoms with E-state index in [2.05, 4.69) is 16.4 Å². The molecule has 5 nitrogen and oxygen atoms in total. The Balaban J connectivity index is 1.88. The monoisotopic (exact) mass is 232 g/mol. The van der Waals surface area contributed by atoms with Gasteiger partial charge in [0.25, 0.3) is 0 Å².